The zero-order valence-electron chi connectivity index (χ0n) is 12.0. The Kier molecular flexibility index (Phi) is 4.53. The van der Waals surface area contributed by atoms with Crippen molar-refractivity contribution >= 4 is 6.41 Å². The molecule has 5 nitrogen and oxygen atoms in total. The average molecular weight is 291 g/mol. The summed E-state index contributed by atoms with van der Waals surface area (Å²) in [5, 5.41) is 9.36. The van der Waals surface area contributed by atoms with E-state index in [1.165, 1.54) is 5.56 Å². The third-order valence-electron chi connectivity index (χ3n) is 4.22. The highest BCUT2D eigenvalue weighted by molar-refractivity contribution is 5.49. The maximum atomic E-state index is 10.9. The Hall–Kier alpha value is -1.43. The lowest BCUT2D eigenvalue weighted by Crippen LogP contribution is -2.21. The number of ether oxygens (including phenoxy) is 2. The molecule has 2 aliphatic heterocycles. The molecular formula is C16H21NO4. The molecule has 0 spiro atoms. The van der Waals surface area contributed by atoms with Crippen molar-refractivity contribution in [3.05, 3.63) is 34.9 Å². The number of nitrogens with zero attached hydrogens (tertiary/aromatic N) is 1. The maximum absolute atomic E-state index is 10.9. The number of hydrogen-bond acceptors (Lipinski definition) is 4. The molecule has 0 radical (unpaired) electrons. The van der Waals surface area contributed by atoms with Crippen molar-refractivity contribution in [2.24, 2.45) is 0 Å². The summed E-state index contributed by atoms with van der Waals surface area (Å²) >= 11 is 0. The van der Waals surface area contributed by atoms with Crippen molar-refractivity contribution in [2.75, 3.05) is 26.3 Å². The molecule has 0 saturated carbocycles. The molecule has 1 aromatic rings. The van der Waals surface area contributed by atoms with E-state index in [4.69, 9.17) is 9.47 Å². The van der Waals surface area contributed by atoms with Crippen LogP contribution >= 0.6 is 0 Å². The van der Waals surface area contributed by atoms with Crippen molar-refractivity contribution in [1.29, 1.82) is 0 Å². The summed E-state index contributed by atoms with van der Waals surface area (Å²) in [5.41, 5.74) is 3.03. The maximum Gasteiger partial charge on any atom is 0.209 e. The van der Waals surface area contributed by atoms with Crippen LogP contribution in [-0.2, 0) is 20.9 Å². The van der Waals surface area contributed by atoms with Gasteiger partial charge in [0.05, 0.1) is 19.8 Å². The van der Waals surface area contributed by atoms with E-state index in [2.05, 4.69) is 0 Å². The molecule has 1 atom stereocenters. The Morgan fingerprint density at radius 2 is 2.10 bits per heavy atom. The Morgan fingerprint density at radius 3 is 2.76 bits per heavy atom. The Morgan fingerprint density at radius 1 is 1.29 bits per heavy atom. The predicted octanol–water partition coefficient (Wildman–Crippen LogP) is 1.56. The molecule has 2 aliphatic rings. The van der Waals surface area contributed by atoms with Crippen LogP contribution in [0.5, 0.6) is 0 Å². The minimum absolute atomic E-state index is 0.00509. The fraction of sp³-hybridized carbons (Fsp3) is 0.562. The Balaban J connectivity index is 1.89. The van der Waals surface area contributed by atoms with Gasteiger partial charge in [-0.25, -0.2) is 0 Å². The molecule has 2 fully saturated rings. The van der Waals surface area contributed by atoms with Gasteiger partial charge in [-0.1, -0.05) is 12.1 Å². The number of carbonyl (C=O) groups is 1. The van der Waals surface area contributed by atoms with Crippen molar-refractivity contribution in [2.45, 2.75) is 31.7 Å². The third-order valence-corrected chi connectivity index (χ3v) is 4.22. The molecule has 114 valence electrons. The van der Waals surface area contributed by atoms with E-state index in [1.807, 2.05) is 18.2 Å². The molecule has 21 heavy (non-hydrogen) atoms. The van der Waals surface area contributed by atoms with Crippen LogP contribution in [-0.4, -0.2) is 42.7 Å². The minimum Gasteiger partial charge on any atom is -0.392 e. The Labute approximate surface area is 124 Å². The number of hydrogen-bond donors (Lipinski definition) is 1. The standard InChI is InChI=1S/C16H21NO4/c18-10-12-2-3-14(13-4-5-17(9-13)11-19)15(8-12)16-20-6-1-7-21-16/h2-3,8,11,13,16,18H,1,4-7,9-10H2. The molecule has 2 saturated heterocycles. The molecule has 2 heterocycles. The molecule has 1 amide bonds. The van der Waals surface area contributed by atoms with Gasteiger partial charge in [-0.15, -0.1) is 0 Å². The number of amides is 1. The first kappa shape index (κ1) is 14.5. The van der Waals surface area contributed by atoms with Crippen LogP contribution in [0.1, 0.15) is 41.7 Å². The lowest BCUT2D eigenvalue weighted by atomic mass is 9.91. The second-order valence-corrected chi connectivity index (χ2v) is 5.63. The van der Waals surface area contributed by atoms with Crippen molar-refractivity contribution in [1.82, 2.24) is 4.90 Å². The van der Waals surface area contributed by atoms with Crippen LogP contribution < -0.4 is 0 Å². The molecule has 0 aromatic heterocycles. The SMILES string of the molecule is O=CN1CCC(c2ccc(CO)cc2C2OCCCO2)C1. The quantitative estimate of drug-likeness (QED) is 0.855. The van der Waals surface area contributed by atoms with Crippen molar-refractivity contribution < 1.29 is 19.4 Å². The fourth-order valence-corrected chi connectivity index (χ4v) is 3.10. The molecule has 1 unspecified atom stereocenters. The van der Waals surface area contributed by atoms with Crippen LogP contribution in [0.3, 0.4) is 0 Å². The first-order valence-electron chi connectivity index (χ1n) is 7.48. The topological polar surface area (TPSA) is 59.0 Å². The van der Waals surface area contributed by atoms with E-state index in [-0.39, 0.29) is 12.9 Å². The summed E-state index contributed by atoms with van der Waals surface area (Å²) in [4.78, 5) is 12.7. The number of aliphatic hydroxyl groups is 1. The molecule has 1 N–H and O–H groups in total. The van der Waals surface area contributed by atoms with E-state index in [1.54, 1.807) is 4.90 Å². The van der Waals surface area contributed by atoms with Gasteiger partial charge in [0.15, 0.2) is 6.29 Å². The highest BCUT2D eigenvalue weighted by Crippen LogP contribution is 2.35. The van der Waals surface area contributed by atoms with Gasteiger partial charge in [0.2, 0.25) is 6.41 Å². The van der Waals surface area contributed by atoms with Gasteiger partial charge >= 0.3 is 0 Å². The summed E-state index contributed by atoms with van der Waals surface area (Å²) < 4.78 is 11.5. The monoisotopic (exact) mass is 291 g/mol. The first-order chi connectivity index (χ1) is 10.3. The van der Waals surface area contributed by atoms with Crippen LogP contribution in [0.15, 0.2) is 18.2 Å². The number of likely N-dealkylation sites (tertiary alicyclic amines) is 1. The molecular weight excluding hydrogens is 270 g/mol. The minimum atomic E-state index is -0.356. The van der Waals surface area contributed by atoms with E-state index >= 15 is 0 Å². The summed E-state index contributed by atoms with van der Waals surface area (Å²) in [7, 11) is 0. The van der Waals surface area contributed by atoms with Gasteiger partial charge in [0, 0.05) is 24.6 Å². The third kappa shape index (κ3) is 3.10. The molecule has 0 aliphatic carbocycles. The molecule has 5 heteroatoms. The van der Waals surface area contributed by atoms with E-state index in [0.717, 1.165) is 43.5 Å². The number of benzene rings is 1. The van der Waals surface area contributed by atoms with Crippen molar-refractivity contribution in [3.8, 4) is 0 Å². The van der Waals surface area contributed by atoms with Crippen LogP contribution in [0.25, 0.3) is 0 Å². The number of aliphatic hydroxyl groups excluding tert-OH is 1. The number of rotatable bonds is 4. The summed E-state index contributed by atoms with van der Waals surface area (Å²) in [6.45, 7) is 2.92. The van der Waals surface area contributed by atoms with Gasteiger partial charge < -0.3 is 19.5 Å². The molecule has 0 bridgehead atoms. The fourth-order valence-electron chi connectivity index (χ4n) is 3.10. The van der Waals surface area contributed by atoms with Gasteiger partial charge in [-0.05, 0) is 30.0 Å². The van der Waals surface area contributed by atoms with E-state index in [9.17, 15) is 9.90 Å². The largest absolute Gasteiger partial charge is 0.392 e. The van der Waals surface area contributed by atoms with Crippen LogP contribution in [0.2, 0.25) is 0 Å². The van der Waals surface area contributed by atoms with Crippen LogP contribution in [0.4, 0.5) is 0 Å². The average Bonchev–Trinajstić information content (AvgIpc) is 3.04. The zero-order chi connectivity index (χ0) is 14.7. The predicted molar refractivity (Wildman–Crippen MR) is 76.6 cm³/mol. The zero-order valence-corrected chi connectivity index (χ0v) is 12.0. The normalized spacial score (nSPS) is 23.5. The van der Waals surface area contributed by atoms with Gasteiger partial charge in [0.25, 0.3) is 0 Å². The second kappa shape index (κ2) is 6.56. The van der Waals surface area contributed by atoms with Gasteiger partial charge in [0.1, 0.15) is 0 Å². The van der Waals surface area contributed by atoms with Gasteiger partial charge in [-0.3, -0.25) is 4.79 Å². The summed E-state index contributed by atoms with van der Waals surface area (Å²) in [5.74, 6) is 0.312. The Bertz CT molecular complexity index is 499. The summed E-state index contributed by atoms with van der Waals surface area (Å²) in [6.07, 6.45) is 2.42. The summed E-state index contributed by atoms with van der Waals surface area (Å²) in [6, 6.07) is 5.95. The lowest BCUT2D eigenvalue weighted by Gasteiger charge is -2.27. The number of carbonyl (C=O) groups excluding carboxylic acids is 1. The first-order valence-corrected chi connectivity index (χ1v) is 7.48. The van der Waals surface area contributed by atoms with E-state index in [0.29, 0.717) is 19.1 Å². The van der Waals surface area contributed by atoms with Crippen LogP contribution in [0, 0.1) is 0 Å². The van der Waals surface area contributed by atoms with E-state index < -0.39 is 0 Å². The van der Waals surface area contributed by atoms with Crippen molar-refractivity contribution in [3.63, 3.8) is 0 Å². The highest BCUT2D eigenvalue weighted by Gasteiger charge is 2.28. The second-order valence-electron chi connectivity index (χ2n) is 5.63. The molecule has 1 aromatic carbocycles. The van der Waals surface area contributed by atoms with Gasteiger partial charge in [-0.2, -0.15) is 0 Å². The smallest absolute Gasteiger partial charge is 0.209 e. The lowest BCUT2D eigenvalue weighted by molar-refractivity contribution is -0.183. The molecule has 3 rings (SSSR count). The highest BCUT2D eigenvalue weighted by atomic mass is 16.7.